The second-order valence-electron chi connectivity index (χ2n) is 6.77. The minimum Gasteiger partial charge on any atom is -0.502 e. The number of hydrogen-bond acceptors (Lipinski definition) is 10. The molecule has 1 aliphatic heterocycles. The van der Waals surface area contributed by atoms with Gasteiger partial charge in [0.2, 0.25) is 0 Å². The lowest BCUT2D eigenvalue weighted by Gasteiger charge is -2.35. The van der Waals surface area contributed by atoms with Crippen molar-refractivity contribution in [2.24, 2.45) is 5.73 Å². The molecule has 3 rings (SSSR count). The summed E-state index contributed by atoms with van der Waals surface area (Å²) in [6.45, 7) is 0. The van der Waals surface area contributed by atoms with Crippen molar-refractivity contribution in [1.82, 2.24) is 0 Å². The third-order valence-electron chi connectivity index (χ3n) is 5.02. The van der Waals surface area contributed by atoms with Gasteiger partial charge in [-0.3, -0.25) is 15.0 Å². The molecule has 0 saturated carbocycles. The van der Waals surface area contributed by atoms with Crippen LogP contribution in [0.5, 0.6) is 5.75 Å². The van der Waals surface area contributed by atoms with Crippen LogP contribution in [-0.2, 0) is 19.1 Å². The number of phenolic OH excluding ortho intramolecular Hbond substituents is 1. The molecule has 0 saturated heterocycles. The van der Waals surface area contributed by atoms with E-state index in [0.29, 0.717) is 5.56 Å². The largest absolute Gasteiger partial charge is 0.502 e. The van der Waals surface area contributed by atoms with E-state index in [-0.39, 0.29) is 28.4 Å². The van der Waals surface area contributed by atoms with Gasteiger partial charge in [-0.25, -0.2) is 9.59 Å². The maximum Gasteiger partial charge on any atom is 0.355 e. The fourth-order valence-corrected chi connectivity index (χ4v) is 3.58. The first-order chi connectivity index (χ1) is 15.8. The fraction of sp³-hybridized carbons (Fsp3) is 0.136. The number of anilines is 1. The van der Waals surface area contributed by atoms with Gasteiger partial charge < -0.3 is 20.3 Å². The molecule has 11 nitrogen and oxygen atoms in total. The molecular weight excluding hydrogens is 432 g/mol. The Labute approximate surface area is 187 Å². The zero-order valence-corrected chi connectivity index (χ0v) is 17.5. The molecule has 1 unspecified atom stereocenters. The van der Waals surface area contributed by atoms with Crippen molar-refractivity contribution in [2.75, 3.05) is 19.1 Å². The quantitative estimate of drug-likeness (QED) is 0.391. The Kier molecular flexibility index (Phi) is 6.30. The zero-order valence-electron chi connectivity index (χ0n) is 17.5. The Balaban J connectivity index is 2.43. The number of hydrogen-bond donors (Lipinski definition) is 2. The van der Waals surface area contributed by atoms with E-state index in [4.69, 9.17) is 15.2 Å². The van der Waals surface area contributed by atoms with Crippen LogP contribution >= 0.6 is 0 Å². The first-order valence-electron chi connectivity index (χ1n) is 9.39. The summed E-state index contributed by atoms with van der Waals surface area (Å²) in [6.07, 6.45) is 0. The van der Waals surface area contributed by atoms with Gasteiger partial charge >= 0.3 is 17.6 Å². The SMILES string of the molecule is COC(=O)C1=C(C(=O)OC)N(c2ccc(O)c([N+](=O)[O-])c2)C(N)=C(C#N)C1c1ccccc1. The molecule has 0 radical (unpaired) electrons. The Hall–Kier alpha value is -4.85. The highest BCUT2D eigenvalue weighted by Crippen LogP contribution is 2.44. The number of nitriles is 1. The number of benzene rings is 2. The van der Waals surface area contributed by atoms with Crippen LogP contribution < -0.4 is 10.6 Å². The van der Waals surface area contributed by atoms with Gasteiger partial charge in [0, 0.05) is 6.07 Å². The molecule has 1 heterocycles. The van der Waals surface area contributed by atoms with Crippen molar-refractivity contribution in [3.8, 4) is 11.8 Å². The highest BCUT2D eigenvalue weighted by molar-refractivity contribution is 6.06. The number of allylic oxidation sites excluding steroid dienone is 1. The highest BCUT2D eigenvalue weighted by atomic mass is 16.6. The van der Waals surface area contributed by atoms with Crippen LogP contribution in [0.15, 0.2) is 71.2 Å². The first kappa shape index (κ1) is 22.8. The standard InChI is InChI=1S/C22H18N4O7/c1-32-21(28)18-17(12-6-4-3-5-7-12)14(11-23)20(24)25(19(18)22(29)33-2)13-8-9-16(27)15(10-13)26(30)31/h3-10,17,27H,24H2,1-2H3. The normalized spacial score (nSPS) is 15.7. The number of rotatable bonds is 5. The lowest BCUT2D eigenvalue weighted by molar-refractivity contribution is -0.385. The van der Waals surface area contributed by atoms with E-state index < -0.39 is 34.2 Å². The third kappa shape index (κ3) is 3.92. The molecule has 2 aromatic rings. The Morgan fingerprint density at radius 2 is 1.79 bits per heavy atom. The molecule has 0 amide bonds. The average Bonchev–Trinajstić information content (AvgIpc) is 2.83. The van der Waals surface area contributed by atoms with E-state index in [9.17, 15) is 30.1 Å². The zero-order chi connectivity index (χ0) is 24.3. The van der Waals surface area contributed by atoms with Crippen molar-refractivity contribution in [3.63, 3.8) is 0 Å². The average molecular weight is 450 g/mol. The lowest BCUT2D eigenvalue weighted by atomic mass is 9.81. The summed E-state index contributed by atoms with van der Waals surface area (Å²) < 4.78 is 9.79. The molecule has 0 bridgehead atoms. The van der Waals surface area contributed by atoms with E-state index in [1.54, 1.807) is 30.3 Å². The number of nitrogens with zero attached hydrogens (tertiary/aromatic N) is 3. The van der Waals surface area contributed by atoms with Crippen LogP contribution in [0.2, 0.25) is 0 Å². The number of methoxy groups -OCH3 is 2. The van der Waals surface area contributed by atoms with Crippen LogP contribution in [0.25, 0.3) is 0 Å². The van der Waals surface area contributed by atoms with Gasteiger partial charge in [-0.15, -0.1) is 0 Å². The lowest BCUT2D eigenvalue weighted by Crippen LogP contribution is -2.40. The van der Waals surface area contributed by atoms with Crippen molar-refractivity contribution in [1.29, 1.82) is 5.26 Å². The van der Waals surface area contributed by atoms with E-state index in [1.807, 2.05) is 6.07 Å². The van der Waals surface area contributed by atoms with Gasteiger partial charge in [-0.1, -0.05) is 30.3 Å². The first-order valence-corrected chi connectivity index (χ1v) is 9.39. The molecule has 33 heavy (non-hydrogen) atoms. The summed E-state index contributed by atoms with van der Waals surface area (Å²) in [4.78, 5) is 37.3. The summed E-state index contributed by atoms with van der Waals surface area (Å²) in [5, 5.41) is 31.1. The van der Waals surface area contributed by atoms with E-state index in [2.05, 4.69) is 0 Å². The number of carbonyl (C=O) groups excluding carboxylic acids is 2. The number of nitro benzene ring substituents is 1. The van der Waals surface area contributed by atoms with Crippen LogP contribution in [0.4, 0.5) is 11.4 Å². The van der Waals surface area contributed by atoms with Crippen LogP contribution in [0.3, 0.4) is 0 Å². The van der Waals surface area contributed by atoms with Crippen molar-refractivity contribution in [2.45, 2.75) is 5.92 Å². The van der Waals surface area contributed by atoms with Gasteiger partial charge in [0.15, 0.2) is 5.75 Å². The number of esters is 2. The van der Waals surface area contributed by atoms with Crippen molar-refractivity contribution in [3.05, 3.63) is 86.9 Å². The van der Waals surface area contributed by atoms with Gasteiger partial charge in [0.1, 0.15) is 11.5 Å². The number of nitrogens with two attached hydrogens (primary N) is 1. The molecule has 3 N–H and O–H groups in total. The second kappa shape index (κ2) is 9.11. The molecule has 0 aromatic heterocycles. The smallest absolute Gasteiger partial charge is 0.355 e. The topological polar surface area (TPSA) is 169 Å². The summed E-state index contributed by atoms with van der Waals surface area (Å²) in [6, 6.07) is 13.6. The predicted molar refractivity (Wildman–Crippen MR) is 114 cm³/mol. The molecule has 0 fully saturated rings. The van der Waals surface area contributed by atoms with Gasteiger partial charge in [0.05, 0.1) is 48.0 Å². The number of phenols is 1. The molecule has 1 atom stereocenters. The monoisotopic (exact) mass is 450 g/mol. The highest BCUT2D eigenvalue weighted by Gasteiger charge is 2.43. The summed E-state index contributed by atoms with van der Waals surface area (Å²) in [5.41, 5.74) is 5.34. The summed E-state index contributed by atoms with van der Waals surface area (Å²) >= 11 is 0. The van der Waals surface area contributed by atoms with Gasteiger partial charge in [-0.2, -0.15) is 5.26 Å². The Bertz CT molecular complexity index is 1250. The molecule has 1 aliphatic rings. The molecule has 2 aromatic carbocycles. The van der Waals surface area contributed by atoms with Crippen LogP contribution in [-0.4, -0.2) is 36.2 Å². The molecule has 0 aliphatic carbocycles. The summed E-state index contributed by atoms with van der Waals surface area (Å²) in [5.74, 6) is -3.86. The van der Waals surface area contributed by atoms with Gasteiger partial charge in [-0.05, 0) is 17.7 Å². The molecular formula is C22H18N4O7. The number of aromatic hydroxyl groups is 1. The fourth-order valence-electron chi connectivity index (χ4n) is 3.58. The maximum absolute atomic E-state index is 12.9. The van der Waals surface area contributed by atoms with E-state index in [0.717, 1.165) is 31.3 Å². The van der Waals surface area contributed by atoms with E-state index in [1.165, 1.54) is 6.07 Å². The Morgan fingerprint density at radius 1 is 1.15 bits per heavy atom. The molecule has 168 valence electrons. The van der Waals surface area contributed by atoms with Crippen molar-refractivity contribution >= 4 is 23.3 Å². The van der Waals surface area contributed by atoms with Crippen LogP contribution in [0.1, 0.15) is 11.5 Å². The minimum absolute atomic E-state index is 0.0573. The number of ether oxygens (including phenoxy) is 2. The molecule has 0 spiro atoms. The Morgan fingerprint density at radius 3 is 2.33 bits per heavy atom. The summed E-state index contributed by atoms with van der Waals surface area (Å²) in [7, 11) is 2.19. The van der Waals surface area contributed by atoms with Crippen molar-refractivity contribution < 1.29 is 29.1 Å². The van der Waals surface area contributed by atoms with E-state index >= 15 is 0 Å². The predicted octanol–water partition coefficient (Wildman–Crippen LogP) is 2.20. The van der Waals surface area contributed by atoms with Crippen LogP contribution in [0, 0.1) is 21.4 Å². The molecule has 11 heteroatoms. The minimum atomic E-state index is -1.07. The second-order valence-corrected chi connectivity index (χ2v) is 6.77. The third-order valence-corrected chi connectivity index (χ3v) is 5.02. The number of carbonyl (C=O) groups is 2. The van der Waals surface area contributed by atoms with Gasteiger partial charge in [0.25, 0.3) is 0 Å². The maximum atomic E-state index is 12.9. The number of nitro groups is 1.